The van der Waals surface area contributed by atoms with Crippen LogP contribution in [0.15, 0.2) is 0 Å². The summed E-state index contributed by atoms with van der Waals surface area (Å²) in [6.45, 7) is 0. The Bertz CT molecular complexity index is 311. The fourth-order valence-corrected chi connectivity index (χ4v) is 1.02. The Hall–Kier alpha value is -1.91. The zero-order valence-corrected chi connectivity index (χ0v) is 13.0. The average Bonchev–Trinajstić information content (AvgIpc) is 1.95. The van der Waals surface area contributed by atoms with Crippen molar-refractivity contribution < 1.29 is 60.7 Å². The second kappa shape index (κ2) is 14.5. The number of carbonyl (C=O) groups excluding carboxylic acids is 4. The third kappa shape index (κ3) is 14.3. The first kappa shape index (κ1) is 31.5. The van der Waals surface area contributed by atoms with E-state index in [1.165, 1.54) is 0 Å². The maximum Gasteiger partial charge on any atom is 4.00 e. The molecule has 1 aliphatic rings. The molecule has 126 valence electrons. The third-order valence-electron chi connectivity index (χ3n) is 1.99. The molecule has 0 bridgehead atoms. The van der Waals surface area contributed by atoms with Gasteiger partial charge in [0, 0.05) is 5.41 Å². The summed E-state index contributed by atoms with van der Waals surface area (Å²) in [5.74, 6) is -3.03. The van der Waals surface area contributed by atoms with E-state index in [0.29, 0.717) is 6.42 Å². The zero-order chi connectivity index (χ0) is 14.9. The topological polar surface area (TPSA) is 283 Å². The van der Waals surface area contributed by atoms with Crippen molar-refractivity contribution >= 4 is 24.1 Å². The number of primary amides is 2. The van der Waals surface area contributed by atoms with Gasteiger partial charge in [-0.05, 0) is 12.8 Å². The number of carboxylic acids is 2. The minimum absolute atomic E-state index is 0. The van der Waals surface area contributed by atoms with Gasteiger partial charge >= 0.3 is 21.1 Å². The van der Waals surface area contributed by atoms with Crippen LogP contribution in [-0.2, 0) is 30.7 Å². The minimum Gasteiger partial charge on any atom is -0.549 e. The van der Waals surface area contributed by atoms with Gasteiger partial charge in [-0.2, -0.15) is 0 Å². The van der Waals surface area contributed by atoms with Gasteiger partial charge in [0.2, 0.25) is 0 Å². The van der Waals surface area contributed by atoms with Crippen LogP contribution in [0.2, 0.25) is 0 Å². The number of nitrogens with two attached hydrogens (primary N) is 2. The summed E-state index contributed by atoms with van der Waals surface area (Å²) in [6.07, 6.45) is -2.24. The van der Waals surface area contributed by atoms with Crippen molar-refractivity contribution in [3.8, 4) is 0 Å². The number of rotatable bonds is 2. The molecule has 1 saturated carbocycles. The molecular weight excluding hydrogens is 475 g/mol. The van der Waals surface area contributed by atoms with Crippen molar-refractivity contribution in [2.75, 3.05) is 0 Å². The maximum absolute atomic E-state index is 10.2. The fraction of sp³-hybridized carbons (Fsp3) is 0.500. The Morgan fingerprint density at radius 2 is 0.952 bits per heavy atom. The van der Waals surface area contributed by atoms with Crippen molar-refractivity contribution in [2.45, 2.75) is 19.3 Å². The van der Waals surface area contributed by atoms with Gasteiger partial charge in [0.1, 0.15) is 12.2 Å². The van der Waals surface area contributed by atoms with Crippen LogP contribution in [0.4, 0.5) is 9.59 Å². The molecule has 0 aliphatic heterocycles. The van der Waals surface area contributed by atoms with E-state index in [-0.39, 0.29) is 46.2 Å². The molecule has 10 N–H and O–H groups in total. The Morgan fingerprint density at radius 1 is 0.762 bits per heavy atom. The van der Waals surface area contributed by atoms with Crippen LogP contribution in [0.1, 0.15) is 19.3 Å². The molecule has 2 amide bonds. The summed E-state index contributed by atoms with van der Waals surface area (Å²) in [4.78, 5) is 37.8. The molecule has 0 saturated heterocycles. The van der Waals surface area contributed by atoms with Crippen LogP contribution < -0.4 is 44.2 Å². The summed E-state index contributed by atoms with van der Waals surface area (Å²) in [7, 11) is 0. The van der Waals surface area contributed by atoms with Gasteiger partial charge < -0.3 is 63.4 Å². The smallest absolute Gasteiger partial charge is 0.549 e. The Morgan fingerprint density at radius 3 is 0.952 bits per heavy atom. The quantitative estimate of drug-likeness (QED) is 0.266. The molecule has 21 heavy (non-hydrogen) atoms. The van der Waals surface area contributed by atoms with Crippen LogP contribution in [0, 0.1) is 5.41 Å². The Labute approximate surface area is 133 Å². The van der Waals surface area contributed by atoms with Crippen molar-refractivity contribution in [3.63, 3.8) is 0 Å². The van der Waals surface area contributed by atoms with E-state index in [0.717, 1.165) is 0 Å². The molecule has 1 aliphatic carbocycles. The predicted octanol–water partition coefficient (Wildman–Crippen LogP) is -5.45. The molecule has 13 heteroatoms. The van der Waals surface area contributed by atoms with Gasteiger partial charge in [0.05, 0.1) is 11.9 Å². The van der Waals surface area contributed by atoms with E-state index in [1.807, 2.05) is 0 Å². The van der Waals surface area contributed by atoms with Crippen molar-refractivity contribution in [3.05, 3.63) is 0 Å². The summed E-state index contributed by atoms with van der Waals surface area (Å²) < 4.78 is 0. The number of amides is 2. The second-order valence-corrected chi connectivity index (χ2v) is 3.15. The summed E-state index contributed by atoms with van der Waals surface area (Å²) in [6, 6.07) is 0. The van der Waals surface area contributed by atoms with Crippen LogP contribution in [0.25, 0.3) is 0 Å². The van der Waals surface area contributed by atoms with Gasteiger partial charge in [-0.25, -0.2) is 0 Å². The van der Waals surface area contributed by atoms with E-state index in [4.69, 9.17) is 19.8 Å². The van der Waals surface area contributed by atoms with Gasteiger partial charge in [0.15, 0.2) is 0 Å². The molecule has 1 fully saturated rings. The summed E-state index contributed by atoms with van der Waals surface area (Å²) in [5.41, 5.74) is 6.17. The third-order valence-corrected chi connectivity index (χ3v) is 1.99. The molecule has 0 aromatic carbocycles. The first-order valence-electron chi connectivity index (χ1n) is 4.42. The number of carbonyl (C=O) groups is 4. The molecule has 0 aromatic rings. The van der Waals surface area contributed by atoms with E-state index >= 15 is 0 Å². The SMILES string of the molecule is N.N.NC(=O)[O-].NC(=O)[O-].O=C([O-])C1(C(=O)[O-])CCC1.[Pt+4]. The minimum atomic E-state index is -1.67. The molecule has 0 atom stereocenters. The zero-order valence-electron chi connectivity index (χ0n) is 10.8. The molecule has 12 nitrogen and oxygen atoms in total. The normalized spacial score (nSPS) is 12.4. The summed E-state index contributed by atoms with van der Waals surface area (Å²) >= 11 is 0. The molecule has 0 aromatic heterocycles. The molecule has 0 unspecified atom stereocenters. The molecular formula is C8H16N4O8Pt. The number of hydrogen-bond donors (Lipinski definition) is 4. The first-order valence-corrected chi connectivity index (χ1v) is 4.42. The van der Waals surface area contributed by atoms with Crippen LogP contribution in [0.5, 0.6) is 0 Å². The number of hydrogen-bond acceptors (Lipinski definition) is 10. The van der Waals surface area contributed by atoms with Crippen molar-refractivity contribution in [1.82, 2.24) is 12.3 Å². The van der Waals surface area contributed by atoms with Crippen molar-refractivity contribution in [2.24, 2.45) is 16.9 Å². The fourth-order valence-electron chi connectivity index (χ4n) is 1.02. The van der Waals surface area contributed by atoms with Crippen molar-refractivity contribution in [1.29, 1.82) is 0 Å². The largest absolute Gasteiger partial charge is 4.00 e. The van der Waals surface area contributed by atoms with Crippen LogP contribution >= 0.6 is 0 Å². The van der Waals surface area contributed by atoms with Crippen LogP contribution in [0.3, 0.4) is 0 Å². The molecule has 0 heterocycles. The van der Waals surface area contributed by atoms with E-state index < -0.39 is 29.5 Å². The summed E-state index contributed by atoms with van der Waals surface area (Å²) in [5, 5.41) is 37.8. The standard InChI is InChI=1S/C6H8O4.2CH3NO2.2H3N.Pt/c7-4(8)6(5(9)10)2-1-3-6;2*2-1(3)4;;;/h1-3H2,(H,7,8)(H,9,10);2*2H2,(H,3,4);2*1H3;/q;;;;;+4/p-4. The van der Waals surface area contributed by atoms with E-state index in [1.54, 1.807) is 0 Å². The number of carboxylic acid groups (broad SMARTS) is 4. The van der Waals surface area contributed by atoms with Gasteiger partial charge in [-0.15, -0.1) is 0 Å². The van der Waals surface area contributed by atoms with Gasteiger partial charge in [0.25, 0.3) is 0 Å². The maximum atomic E-state index is 10.2. The first-order chi connectivity index (χ1) is 8.06. The Kier molecular flexibility index (Phi) is 21.7. The second-order valence-electron chi connectivity index (χ2n) is 3.15. The Balaban J connectivity index is -0.0000000673. The molecule has 1 rings (SSSR count). The molecule has 0 spiro atoms. The molecule has 0 radical (unpaired) electrons. The predicted molar refractivity (Wildman–Crippen MR) is 55.5 cm³/mol. The van der Waals surface area contributed by atoms with Crippen LogP contribution in [-0.4, -0.2) is 24.1 Å². The average molecular weight is 491 g/mol. The van der Waals surface area contributed by atoms with Gasteiger partial charge in [-0.3, -0.25) is 0 Å². The number of aliphatic carboxylic acids is 2. The monoisotopic (exact) mass is 491 g/mol. The van der Waals surface area contributed by atoms with E-state index in [2.05, 4.69) is 11.5 Å². The van der Waals surface area contributed by atoms with E-state index in [9.17, 15) is 19.8 Å². The van der Waals surface area contributed by atoms with Gasteiger partial charge in [-0.1, -0.05) is 6.42 Å².